The Morgan fingerprint density at radius 1 is 1.24 bits per heavy atom. The van der Waals surface area contributed by atoms with Crippen LogP contribution < -0.4 is 19.9 Å². The van der Waals surface area contributed by atoms with Gasteiger partial charge in [0.05, 0.1) is 11.5 Å². The summed E-state index contributed by atoms with van der Waals surface area (Å²) in [6.07, 6.45) is 1.63. The minimum Gasteiger partial charge on any atom is -0.486 e. The van der Waals surface area contributed by atoms with E-state index in [0.717, 1.165) is 0 Å². The highest BCUT2D eigenvalue weighted by Gasteiger charge is 2.18. The molecule has 1 aliphatic rings. The molecule has 25 heavy (non-hydrogen) atoms. The van der Waals surface area contributed by atoms with E-state index >= 15 is 0 Å². The summed E-state index contributed by atoms with van der Waals surface area (Å²) in [6.45, 7) is 1.02. The topological polar surface area (TPSA) is 88.3 Å². The number of hydrogen-bond donors (Lipinski definition) is 0. The second-order valence-electron chi connectivity index (χ2n) is 5.23. The van der Waals surface area contributed by atoms with Crippen LogP contribution in [0.1, 0.15) is 0 Å². The first kappa shape index (κ1) is 15.4. The van der Waals surface area contributed by atoms with Gasteiger partial charge in [0, 0.05) is 18.0 Å². The summed E-state index contributed by atoms with van der Waals surface area (Å²) < 4.78 is 11.1. The number of hydrogen-bond acceptors (Lipinski definition) is 8. The van der Waals surface area contributed by atoms with Crippen molar-refractivity contribution in [1.29, 1.82) is 5.26 Å². The predicted molar refractivity (Wildman–Crippen MR) is 93.7 cm³/mol. The van der Waals surface area contributed by atoms with E-state index in [2.05, 4.69) is 16.0 Å². The highest BCUT2D eigenvalue weighted by Crippen LogP contribution is 2.37. The van der Waals surface area contributed by atoms with Crippen LogP contribution in [-0.4, -0.2) is 29.7 Å². The second kappa shape index (κ2) is 6.37. The normalized spacial score (nSPS) is 12.6. The van der Waals surface area contributed by atoms with Crippen molar-refractivity contribution in [3.63, 3.8) is 0 Å². The van der Waals surface area contributed by atoms with Crippen LogP contribution in [0.5, 0.6) is 11.5 Å². The number of benzene rings is 1. The van der Waals surface area contributed by atoms with Crippen molar-refractivity contribution in [3.05, 3.63) is 46.9 Å². The summed E-state index contributed by atoms with van der Waals surface area (Å²) in [7, 11) is 0. The summed E-state index contributed by atoms with van der Waals surface area (Å²) in [5.74, 6) is 1.27. The van der Waals surface area contributed by atoms with Crippen molar-refractivity contribution in [2.45, 2.75) is 0 Å². The lowest BCUT2D eigenvalue weighted by Gasteiger charge is -2.23. The quantitative estimate of drug-likeness (QED) is 0.669. The van der Waals surface area contributed by atoms with Crippen molar-refractivity contribution in [2.75, 3.05) is 24.7 Å². The van der Waals surface area contributed by atoms with Gasteiger partial charge < -0.3 is 14.4 Å². The molecule has 0 radical (unpaired) electrons. The van der Waals surface area contributed by atoms with Gasteiger partial charge in [-0.3, -0.25) is 4.79 Å². The predicted octanol–water partition coefficient (Wildman–Crippen LogP) is 2.48. The van der Waals surface area contributed by atoms with Crippen molar-refractivity contribution in [3.8, 4) is 17.6 Å². The lowest BCUT2D eigenvalue weighted by molar-refractivity contribution is 0.171. The van der Waals surface area contributed by atoms with Crippen LogP contribution in [0.25, 0.3) is 10.2 Å². The van der Waals surface area contributed by atoms with Gasteiger partial charge in [-0.1, -0.05) is 11.3 Å². The van der Waals surface area contributed by atoms with Crippen LogP contribution >= 0.6 is 11.3 Å². The van der Waals surface area contributed by atoms with E-state index in [1.54, 1.807) is 35.4 Å². The Morgan fingerprint density at radius 2 is 2.08 bits per heavy atom. The highest BCUT2D eigenvalue weighted by molar-refractivity contribution is 7.21. The molecule has 3 aromatic rings. The fraction of sp³-hybridized carbons (Fsp3) is 0.176. The van der Waals surface area contributed by atoms with Crippen molar-refractivity contribution < 1.29 is 9.47 Å². The summed E-state index contributed by atoms with van der Waals surface area (Å²) in [4.78, 5) is 22.9. The molecule has 0 fully saturated rings. The standard InChI is InChI=1S/C17H12N4O3S/c18-5-7-21(11-3-4-13-14(10-11)24-9-8-23-13)17-20-15(22)12-2-1-6-19-16(12)25-17/h1-4,6,10H,7-9H2. The van der Waals surface area contributed by atoms with Crippen LogP contribution in [0.4, 0.5) is 10.8 Å². The first-order chi connectivity index (χ1) is 12.3. The summed E-state index contributed by atoms with van der Waals surface area (Å²) in [5.41, 5.74) is 0.335. The number of rotatable bonds is 3. The first-order valence-corrected chi connectivity index (χ1v) is 8.38. The Labute approximate surface area is 146 Å². The van der Waals surface area contributed by atoms with Crippen LogP contribution in [-0.2, 0) is 0 Å². The maximum atomic E-state index is 12.3. The van der Waals surface area contributed by atoms with Gasteiger partial charge in [-0.25, -0.2) is 4.98 Å². The Bertz CT molecular complexity index is 1040. The maximum absolute atomic E-state index is 12.3. The molecule has 0 unspecified atom stereocenters. The fourth-order valence-electron chi connectivity index (χ4n) is 2.55. The van der Waals surface area contributed by atoms with Crippen LogP contribution in [0, 0.1) is 11.3 Å². The van der Waals surface area contributed by atoms with Gasteiger partial charge in [0.1, 0.15) is 24.6 Å². The first-order valence-electron chi connectivity index (χ1n) is 7.56. The van der Waals surface area contributed by atoms with Crippen molar-refractivity contribution in [1.82, 2.24) is 9.97 Å². The molecule has 124 valence electrons. The van der Waals surface area contributed by atoms with Crippen LogP contribution in [0.3, 0.4) is 0 Å². The number of anilines is 2. The van der Waals surface area contributed by atoms with Gasteiger partial charge in [0.2, 0.25) is 0 Å². The summed E-state index contributed by atoms with van der Waals surface area (Å²) in [6, 6.07) is 10.9. The molecule has 0 aliphatic carbocycles. The molecule has 1 aliphatic heterocycles. The van der Waals surface area contributed by atoms with Gasteiger partial charge in [-0.05, 0) is 24.3 Å². The van der Waals surface area contributed by atoms with E-state index in [1.165, 1.54) is 11.3 Å². The molecule has 0 bridgehead atoms. The maximum Gasteiger partial charge on any atom is 0.282 e. The largest absolute Gasteiger partial charge is 0.486 e. The molecule has 0 amide bonds. The average Bonchev–Trinajstić information content (AvgIpc) is 2.66. The third kappa shape index (κ3) is 2.86. The molecular formula is C17H12N4O3S. The zero-order valence-electron chi connectivity index (χ0n) is 13.0. The molecule has 4 rings (SSSR count). The molecule has 0 saturated carbocycles. The van der Waals surface area contributed by atoms with Gasteiger partial charge in [-0.2, -0.15) is 10.2 Å². The highest BCUT2D eigenvalue weighted by atomic mass is 32.1. The SMILES string of the molecule is N#CCN(c1ccc2c(c1)OCCO2)c1nc(=O)c2cccnc2s1. The monoisotopic (exact) mass is 352 g/mol. The van der Waals surface area contributed by atoms with Crippen LogP contribution in [0.2, 0.25) is 0 Å². The molecular weight excluding hydrogens is 340 g/mol. The minimum atomic E-state index is -0.364. The molecule has 8 heteroatoms. The number of nitrogens with zero attached hydrogens (tertiary/aromatic N) is 4. The molecule has 0 saturated heterocycles. The number of fused-ring (bicyclic) bond motifs is 2. The lowest BCUT2D eigenvalue weighted by atomic mass is 10.2. The van der Waals surface area contributed by atoms with Crippen LogP contribution in [0.15, 0.2) is 41.3 Å². The summed E-state index contributed by atoms with van der Waals surface area (Å²) >= 11 is 1.26. The van der Waals surface area contributed by atoms with Crippen molar-refractivity contribution in [2.24, 2.45) is 0 Å². The third-order valence-electron chi connectivity index (χ3n) is 3.68. The van der Waals surface area contributed by atoms with E-state index in [-0.39, 0.29) is 12.1 Å². The van der Waals surface area contributed by atoms with E-state index in [4.69, 9.17) is 9.47 Å². The molecule has 7 nitrogen and oxygen atoms in total. The molecule has 0 spiro atoms. The molecule has 1 aromatic carbocycles. The molecule has 2 aromatic heterocycles. The number of nitriles is 1. The van der Waals surface area contributed by atoms with E-state index < -0.39 is 0 Å². The zero-order chi connectivity index (χ0) is 17.2. The Morgan fingerprint density at radius 3 is 2.92 bits per heavy atom. The Hall–Kier alpha value is -3.18. The van der Waals surface area contributed by atoms with Gasteiger partial charge in [0.15, 0.2) is 16.6 Å². The lowest BCUT2D eigenvalue weighted by Crippen LogP contribution is -2.21. The molecule has 3 heterocycles. The number of ether oxygens (including phenoxy) is 2. The van der Waals surface area contributed by atoms with E-state index in [0.29, 0.717) is 45.7 Å². The van der Waals surface area contributed by atoms with Crippen molar-refractivity contribution >= 4 is 32.4 Å². The van der Waals surface area contributed by atoms with Gasteiger partial charge in [-0.15, -0.1) is 0 Å². The van der Waals surface area contributed by atoms with Gasteiger partial charge in [0.25, 0.3) is 5.56 Å². The number of pyridine rings is 1. The van der Waals surface area contributed by atoms with Gasteiger partial charge >= 0.3 is 0 Å². The Balaban J connectivity index is 1.82. The molecule has 0 atom stereocenters. The fourth-order valence-corrected chi connectivity index (χ4v) is 3.51. The summed E-state index contributed by atoms with van der Waals surface area (Å²) in [5, 5.41) is 10.1. The third-order valence-corrected chi connectivity index (χ3v) is 4.70. The van der Waals surface area contributed by atoms with E-state index in [9.17, 15) is 10.1 Å². The average molecular weight is 352 g/mol. The number of aromatic nitrogens is 2. The minimum absolute atomic E-state index is 0.0426. The second-order valence-corrected chi connectivity index (χ2v) is 6.19. The molecule has 0 N–H and O–H groups in total. The van der Waals surface area contributed by atoms with E-state index in [1.807, 2.05) is 6.07 Å². The smallest absolute Gasteiger partial charge is 0.282 e. The Kier molecular flexibility index (Phi) is 3.91. The zero-order valence-corrected chi connectivity index (χ0v) is 13.8.